The summed E-state index contributed by atoms with van der Waals surface area (Å²) in [4.78, 5) is 4.20. The van der Waals surface area contributed by atoms with Crippen LogP contribution in [0.1, 0.15) is 11.1 Å². The second-order valence-corrected chi connectivity index (χ2v) is 4.83. The Morgan fingerprint density at radius 3 is 2.39 bits per heavy atom. The fraction of sp³-hybridized carbons (Fsp3) is 0.188. The zero-order valence-electron chi connectivity index (χ0n) is 12.4. The average molecular weight is 323 g/mol. The van der Waals surface area contributed by atoms with Crippen molar-refractivity contribution in [2.45, 2.75) is 19.8 Å². The first-order valence-electron chi connectivity index (χ1n) is 6.81. The Morgan fingerprint density at radius 2 is 1.78 bits per heavy atom. The summed E-state index contributed by atoms with van der Waals surface area (Å²) < 4.78 is 40.0. The van der Waals surface area contributed by atoms with Crippen molar-refractivity contribution in [2.24, 2.45) is 10.7 Å². The van der Waals surface area contributed by atoms with Gasteiger partial charge < -0.3 is 15.8 Å². The number of ether oxygens (including phenoxy) is 1. The van der Waals surface area contributed by atoms with E-state index >= 15 is 0 Å². The zero-order chi connectivity index (χ0) is 16.9. The minimum Gasteiger partial charge on any atom is -0.406 e. The largest absolute Gasteiger partial charge is 0.573 e. The van der Waals surface area contributed by atoms with Crippen molar-refractivity contribution in [1.82, 2.24) is 0 Å². The van der Waals surface area contributed by atoms with Crippen molar-refractivity contribution < 1.29 is 17.9 Å². The lowest BCUT2D eigenvalue weighted by Crippen LogP contribution is -2.22. The van der Waals surface area contributed by atoms with Gasteiger partial charge in [0.1, 0.15) is 5.75 Å². The Bertz CT molecular complexity index is 682. The maximum atomic E-state index is 12.1. The molecule has 2 aromatic carbocycles. The van der Waals surface area contributed by atoms with Crippen LogP contribution >= 0.6 is 0 Å². The Balaban J connectivity index is 1.96. The SMILES string of the molecule is Cc1ccccc1CN=C(N)Nc1ccc(OC(F)(F)F)cc1. The highest BCUT2D eigenvalue weighted by molar-refractivity contribution is 5.92. The highest BCUT2D eigenvalue weighted by Gasteiger charge is 2.30. The first-order valence-corrected chi connectivity index (χ1v) is 6.81. The third-order valence-corrected chi connectivity index (χ3v) is 3.04. The molecular weight excluding hydrogens is 307 g/mol. The van der Waals surface area contributed by atoms with Crippen LogP contribution in [0, 0.1) is 6.92 Å². The standard InChI is InChI=1S/C16H16F3N3O/c1-11-4-2-3-5-12(11)10-21-15(20)22-13-6-8-14(9-7-13)23-16(17,18)19/h2-9H,10H2,1H3,(H3,20,21,22). The summed E-state index contributed by atoms with van der Waals surface area (Å²) in [5.41, 5.74) is 8.45. The third-order valence-electron chi connectivity index (χ3n) is 3.04. The van der Waals surface area contributed by atoms with Crippen molar-refractivity contribution in [1.29, 1.82) is 0 Å². The van der Waals surface area contributed by atoms with E-state index in [-0.39, 0.29) is 11.7 Å². The molecule has 0 saturated carbocycles. The summed E-state index contributed by atoms with van der Waals surface area (Å²) in [6.07, 6.45) is -4.71. The van der Waals surface area contributed by atoms with Crippen molar-refractivity contribution >= 4 is 11.6 Å². The summed E-state index contributed by atoms with van der Waals surface area (Å²) in [6.45, 7) is 2.40. The quantitative estimate of drug-likeness (QED) is 0.664. The number of aliphatic imine (C=N–C) groups is 1. The Hall–Kier alpha value is -2.70. The van der Waals surface area contributed by atoms with E-state index in [0.717, 1.165) is 11.1 Å². The highest BCUT2D eigenvalue weighted by atomic mass is 19.4. The van der Waals surface area contributed by atoms with Crippen LogP contribution in [-0.4, -0.2) is 12.3 Å². The number of rotatable bonds is 4. The second-order valence-electron chi connectivity index (χ2n) is 4.83. The monoisotopic (exact) mass is 323 g/mol. The van der Waals surface area contributed by atoms with Gasteiger partial charge >= 0.3 is 6.36 Å². The Labute approximate surface area is 131 Å². The first kappa shape index (κ1) is 16.7. The molecule has 0 aliphatic carbocycles. The summed E-state index contributed by atoms with van der Waals surface area (Å²) in [5.74, 6) is -0.115. The summed E-state index contributed by atoms with van der Waals surface area (Å²) >= 11 is 0. The number of nitrogens with two attached hydrogens (primary N) is 1. The molecule has 122 valence electrons. The van der Waals surface area contributed by atoms with Crippen LogP contribution in [0.2, 0.25) is 0 Å². The van der Waals surface area contributed by atoms with Gasteiger partial charge in [0.05, 0.1) is 6.54 Å². The van der Waals surface area contributed by atoms with Crippen LogP contribution in [0.25, 0.3) is 0 Å². The first-order chi connectivity index (χ1) is 10.8. The van der Waals surface area contributed by atoms with E-state index in [0.29, 0.717) is 12.2 Å². The molecular formula is C16H16F3N3O. The zero-order valence-corrected chi connectivity index (χ0v) is 12.4. The predicted molar refractivity (Wildman–Crippen MR) is 83.3 cm³/mol. The number of halogens is 3. The second kappa shape index (κ2) is 7.04. The van der Waals surface area contributed by atoms with Gasteiger partial charge in [-0.1, -0.05) is 24.3 Å². The number of anilines is 1. The number of nitrogens with one attached hydrogen (secondary N) is 1. The van der Waals surface area contributed by atoms with Gasteiger partial charge in [-0.25, -0.2) is 4.99 Å². The van der Waals surface area contributed by atoms with Gasteiger partial charge in [-0.05, 0) is 42.3 Å². The minimum absolute atomic E-state index is 0.178. The van der Waals surface area contributed by atoms with E-state index in [2.05, 4.69) is 15.0 Å². The van der Waals surface area contributed by atoms with E-state index in [9.17, 15) is 13.2 Å². The van der Waals surface area contributed by atoms with Crippen LogP contribution in [0.5, 0.6) is 5.75 Å². The molecule has 0 radical (unpaired) electrons. The number of guanidine groups is 1. The lowest BCUT2D eigenvalue weighted by Gasteiger charge is -2.10. The third kappa shape index (κ3) is 5.54. The molecule has 2 aromatic rings. The molecule has 0 heterocycles. The maximum Gasteiger partial charge on any atom is 0.573 e. The summed E-state index contributed by atoms with van der Waals surface area (Å²) in [6, 6.07) is 13.0. The molecule has 0 spiro atoms. The molecule has 4 nitrogen and oxygen atoms in total. The summed E-state index contributed by atoms with van der Waals surface area (Å²) in [5, 5.41) is 2.81. The Morgan fingerprint density at radius 1 is 1.13 bits per heavy atom. The molecule has 0 saturated heterocycles. The molecule has 0 aliphatic heterocycles. The number of aryl methyl sites for hydroxylation is 1. The molecule has 0 atom stereocenters. The van der Waals surface area contributed by atoms with Crippen molar-refractivity contribution in [3.63, 3.8) is 0 Å². The molecule has 0 aliphatic rings. The predicted octanol–water partition coefficient (Wildman–Crippen LogP) is 3.82. The topological polar surface area (TPSA) is 59.6 Å². The van der Waals surface area contributed by atoms with E-state index in [1.165, 1.54) is 24.3 Å². The maximum absolute atomic E-state index is 12.1. The van der Waals surface area contributed by atoms with Gasteiger partial charge in [0.15, 0.2) is 5.96 Å². The molecule has 0 fully saturated rings. The number of alkyl halides is 3. The van der Waals surface area contributed by atoms with E-state index in [1.54, 1.807) is 0 Å². The highest BCUT2D eigenvalue weighted by Crippen LogP contribution is 2.23. The lowest BCUT2D eigenvalue weighted by molar-refractivity contribution is -0.274. The van der Waals surface area contributed by atoms with Gasteiger partial charge in [0.25, 0.3) is 0 Å². The van der Waals surface area contributed by atoms with Crippen LogP contribution in [0.15, 0.2) is 53.5 Å². The molecule has 7 heteroatoms. The average Bonchev–Trinajstić information content (AvgIpc) is 2.47. The van der Waals surface area contributed by atoms with Crippen LogP contribution in [-0.2, 0) is 6.54 Å². The fourth-order valence-corrected chi connectivity index (χ4v) is 1.89. The van der Waals surface area contributed by atoms with Crippen LogP contribution < -0.4 is 15.8 Å². The lowest BCUT2D eigenvalue weighted by atomic mass is 10.1. The van der Waals surface area contributed by atoms with Crippen molar-refractivity contribution in [3.8, 4) is 5.75 Å². The van der Waals surface area contributed by atoms with Gasteiger partial charge in [-0.3, -0.25) is 0 Å². The fourth-order valence-electron chi connectivity index (χ4n) is 1.89. The molecule has 0 amide bonds. The smallest absolute Gasteiger partial charge is 0.406 e. The van der Waals surface area contributed by atoms with Gasteiger partial charge in [0.2, 0.25) is 0 Å². The number of nitrogens with zero attached hydrogens (tertiary/aromatic N) is 1. The van der Waals surface area contributed by atoms with Crippen LogP contribution in [0.3, 0.4) is 0 Å². The van der Waals surface area contributed by atoms with Gasteiger partial charge in [-0.15, -0.1) is 13.2 Å². The number of hydrogen-bond acceptors (Lipinski definition) is 2. The normalized spacial score (nSPS) is 12.1. The number of benzene rings is 2. The molecule has 23 heavy (non-hydrogen) atoms. The van der Waals surface area contributed by atoms with Gasteiger partial charge in [-0.2, -0.15) is 0 Å². The molecule has 2 rings (SSSR count). The van der Waals surface area contributed by atoms with Crippen LogP contribution in [0.4, 0.5) is 18.9 Å². The Kier molecular flexibility index (Phi) is 5.10. The van der Waals surface area contributed by atoms with Crippen molar-refractivity contribution in [3.05, 3.63) is 59.7 Å². The van der Waals surface area contributed by atoms with E-state index < -0.39 is 6.36 Å². The van der Waals surface area contributed by atoms with Gasteiger partial charge in [0, 0.05) is 5.69 Å². The van der Waals surface area contributed by atoms with E-state index in [1.807, 2.05) is 31.2 Å². The molecule has 0 aromatic heterocycles. The van der Waals surface area contributed by atoms with Crippen molar-refractivity contribution in [2.75, 3.05) is 5.32 Å². The minimum atomic E-state index is -4.71. The van der Waals surface area contributed by atoms with E-state index in [4.69, 9.17) is 5.73 Å². The molecule has 0 bridgehead atoms. The summed E-state index contributed by atoms with van der Waals surface area (Å²) in [7, 11) is 0. The molecule has 0 unspecified atom stereocenters. The molecule has 3 N–H and O–H groups in total. The number of hydrogen-bond donors (Lipinski definition) is 2.